The van der Waals surface area contributed by atoms with E-state index in [4.69, 9.17) is 10.5 Å². The van der Waals surface area contributed by atoms with Crippen LogP contribution in [0.5, 0.6) is 5.75 Å². The Morgan fingerprint density at radius 1 is 1.38 bits per heavy atom. The fourth-order valence-corrected chi connectivity index (χ4v) is 1.62. The maximum atomic E-state index is 13.3. The van der Waals surface area contributed by atoms with E-state index >= 15 is 0 Å². The summed E-state index contributed by atoms with van der Waals surface area (Å²) in [6.07, 6.45) is 0. The zero-order valence-corrected chi connectivity index (χ0v) is 9.04. The number of hydrogen-bond acceptors (Lipinski definition) is 3. The van der Waals surface area contributed by atoms with Crippen LogP contribution < -0.4 is 10.5 Å². The lowest BCUT2D eigenvalue weighted by Crippen LogP contribution is -1.92. The van der Waals surface area contributed by atoms with Gasteiger partial charge in [-0.05, 0) is 13.0 Å². The molecule has 0 saturated carbocycles. The molecule has 84 valence electrons. The van der Waals surface area contributed by atoms with Crippen LogP contribution in [-0.2, 0) is 0 Å². The fraction of sp³-hybridized carbons (Fsp3) is 0.182. The van der Waals surface area contributed by atoms with Crippen LogP contribution in [0, 0.1) is 12.7 Å². The second kappa shape index (κ2) is 3.84. The number of nitrogens with one attached hydrogen (secondary N) is 1. The standard InChI is InChI=1S/C11H12FN3O/c1-6-8(9-5-11(13)15-14-9)3-7(12)4-10(6)16-2/h3-5H,1-2H3,(H3,13,14,15). The minimum Gasteiger partial charge on any atom is -0.496 e. The number of anilines is 1. The van der Waals surface area contributed by atoms with Crippen LogP contribution in [0.1, 0.15) is 5.56 Å². The van der Waals surface area contributed by atoms with E-state index in [0.29, 0.717) is 22.8 Å². The lowest BCUT2D eigenvalue weighted by atomic mass is 10.0. The molecule has 3 N–H and O–H groups in total. The van der Waals surface area contributed by atoms with Gasteiger partial charge in [-0.3, -0.25) is 5.10 Å². The monoisotopic (exact) mass is 221 g/mol. The van der Waals surface area contributed by atoms with Crippen molar-refractivity contribution in [3.8, 4) is 17.0 Å². The predicted octanol–water partition coefficient (Wildman–Crippen LogP) is 2.12. The predicted molar refractivity (Wildman–Crippen MR) is 59.7 cm³/mol. The first-order chi connectivity index (χ1) is 7.61. The summed E-state index contributed by atoms with van der Waals surface area (Å²) in [5.41, 5.74) is 7.72. The highest BCUT2D eigenvalue weighted by Gasteiger charge is 2.11. The Morgan fingerprint density at radius 2 is 2.12 bits per heavy atom. The third-order valence-electron chi connectivity index (χ3n) is 2.43. The van der Waals surface area contributed by atoms with Gasteiger partial charge in [-0.1, -0.05) is 0 Å². The highest BCUT2D eigenvalue weighted by Crippen LogP contribution is 2.30. The van der Waals surface area contributed by atoms with Crippen molar-refractivity contribution >= 4 is 5.82 Å². The number of nitrogen functional groups attached to an aromatic ring is 1. The smallest absolute Gasteiger partial charge is 0.145 e. The van der Waals surface area contributed by atoms with Crippen molar-refractivity contribution in [2.75, 3.05) is 12.8 Å². The van der Waals surface area contributed by atoms with Crippen LogP contribution in [0.25, 0.3) is 11.3 Å². The summed E-state index contributed by atoms with van der Waals surface area (Å²) in [7, 11) is 1.51. The van der Waals surface area contributed by atoms with Crippen molar-refractivity contribution in [3.05, 3.63) is 29.6 Å². The maximum absolute atomic E-state index is 13.3. The molecule has 0 atom stereocenters. The maximum Gasteiger partial charge on any atom is 0.145 e. The minimum absolute atomic E-state index is 0.356. The van der Waals surface area contributed by atoms with E-state index in [0.717, 1.165) is 5.56 Å². The number of benzene rings is 1. The Morgan fingerprint density at radius 3 is 2.69 bits per heavy atom. The van der Waals surface area contributed by atoms with Crippen LogP contribution in [0.4, 0.5) is 10.2 Å². The average molecular weight is 221 g/mol. The molecule has 0 unspecified atom stereocenters. The summed E-state index contributed by atoms with van der Waals surface area (Å²) in [6, 6.07) is 4.42. The largest absolute Gasteiger partial charge is 0.496 e. The van der Waals surface area contributed by atoms with E-state index in [-0.39, 0.29) is 5.82 Å². The number of ether oxygens (including phenoxy) is 1. The molecule has 0 aliphatic carbocycles. The second-order valence-electron chi connectivity index (χ2n) is 3.49. The summed E-state index contributed by atoms with van der Waals surface area (Å²) in [5, 5.41) is 6.55. The zero-order valence-electron chi connectivity index (χ0n) is 9.04. The van der Waals surface area contributed by atoms with Gasteiger partial charge >= 0.3 is 0 Å². The van der Waals surface area contributed by atoms with E-state index in [1.54, 1.807) is 6.07 Å². The first-order valence-corrected chi connectivity index (χ1v) is 4.77. The van der Waals surface area contributed by atoms with E-state index in [1.165, 1.54) is 19.2 Å². The Labute approximate surface area is 92.2 Å². The molecule has 1 aromatic carbocycles. The molecule has 2 rings (SSSR count). The molecule has 4 nitrogen and oxygen atoms in total. The highest BCUT2D eigenvalue weighted by atomic mass is 19.1. The summed E-state index contributed by atoms with van der Waals surface area (Å²) >= 11 is 0. The third kappa shape index (κ3) is 1.71. The topological polar surface area (TPSA) is 63.9 Å². The number of H-pyrrole nitrogens is 1. The van der Waals surface area contributed by atoms with Gasteiger partial charge in [-0.25, -0.2) is 4.39 Å². The van der Waals surface area contributed by atoms with Gasteiger partial charge in [0.25, 0.3) is 0 Å². The summed E-state index contributed by atoms with van der Waals surface area (Å²) in [5.74, 6) is 0.520. The summed E-state index contributed by atoms with van der Waals surface area (Å²) < 4.78 is 18.4. The van der Waals surface area contributed by atoms with Gasteiger partial charge < -0.3 is 10.5 Å². The van der Waals surface area contributed by atoms with Gasteiger partial charge in [0.05, 0.1) is 12.8 Å². The molecule has 0 aliphatic rings. The third-order valence-corrected chi connectivity index (χ3v) is 2.43. The molecule has 5 heteroatoms. The minimum atomic E-state index is -0.356. The number of halogens is 1. The SMILES string of the molecule is COc1cc(F)cc(-c2cc(N)n[nH]2)c1C. The Hall–Kier alpha value is -2.04. The molecule has 0 bridgehead atoms. The zero-order chi connectivity index (χ0) is 11.7. The van der Waals surface area contributed by atoms with Crippen LogP contribution >= 0.6 is 0 Å². The molecule has 0 radical (unpaired) electrons. The quantitative estimate of drug-likeness (QED) is 0.816. The average Bonchev–Trinajstić information content (AvgIpc) is 2.67. The number of methoxy groups -OCH3 is 1. The first-order valence-electron chi connectivity index (χ1n) is 4.77. The Kier molecular flexibility index (Phi) is 2.52. The number of nitrogens with two attached hydrogens (primary N) is 1. The number of aromatic nitrogens is 2. The van der Waals surface area contributed by atoms with Gasteiger partial charge in [-0.2, -0.15) is 5.10 Å². The summed E-state index contributed by atoms with van der Waals surface area (Å²) in [4.78, 5) is 0. The summed E-state index contributed by atoms with van der Waals surface area (Å²) in [6.45, 7) is 1.85. The molecule has 2 aromatic rings. The molecule has 0 fully saturated rings. The van der Waals surface area contributed by atoms with E-state index in [9.17, 15) is 4.39 Å². The molecular weight excluding hydrogens is 209 g/mol. The van der Waals surface area contributed by atoms with E-state index in [2.05, 4.69) is 10.2 Å². The second-order valence-corrected chi connectivity index (χ2v) is 3.49. The Balaban J connectivity index is 2.60. The molecule has 0 aliphatic heterocycles. The molecule has 1 aromatic heterocycles. The molecule has 0 saturated heterocycles. The van der Waals surface area contributed by atoms with Crippen LogP contribution in [0.3, 0.4) is 0 Å². The van der Waals surface area contributed by atoms with Crippen molar-refractivity contribution in [2.24, 2.45) is 0 Å². The molecule has 1 heterocycles. The fourth-order valence-electron chi connectivity index (χ4n) is 1.62. The normalized spacial score (nSPS) is 10.4. The molecular formula is C11H12FN3O. The number of aromatic amines is 1. The van der Waals surface area contributed by atoms with Crippen LogP contribution in [-0.4, -0.2) is 17.3 Å². The molecule has 0 amide bonds. The highest BCUT2D eigenvalue weighted by molar-refractivity contribution is 5.68. The van der Waals surface area contributed by atoms with Crippen molar-refractivity contribution in [1.29, 1.82) is 0 Å². The first kappa shape index (κ1) is 10.5. The van der Waals surface area contributed by atoms with Crippen molar-refractivity contribution in [1.82, 2.24) is 10.2 Å². The Bertz CT molecular complexity index is 522. The van der Waals surface area contributed by atoms with Crippen LogP contribution in [0.2, 0.25) is 0 Å². The van der Waals surface area contributed by atoms with Gasteiger partial charge in [0.2, 0.25) is 0 Å². The van der Waals surface area contributed by atoms with Crippen molar-refractivity contribution in [3.63, 3.8) is 0 Å². The van der Waals surface area contributed by atoms with Crippen molar-refractivity contribution in [2.45, 2.75) is 6.92 Å². The van der Waals surface area contributed by atoms with Crippen LogP contribution in [0.15, 0.2) is 18.2 Å². The molecule has 0 spiro atoms. The van der Waals surface area contributed by atoms with Crippen molar-refractivity contribution < 1.29 is 9.13 Å². The number of nitrogens with zero attached hydrogens (tertiary/aromatic N) is 1. The number of rotatable bonds is 2. The van der Waals surface area contributed by atoms with Gasteiger partial charge in [0, 0.05) is 23.3 Å². The van der Waals surface area contributed by atoms with Gasteiger partial charge in [0.1, 0.15) is 17.4 Å². The lowest BCUT2D eigenvalue weighted by Gasteiger charge is -2.09. The van der Waals surface area contributed by atoms with Gasteiger partial charge in [0.15, 0.2) is 0 Å². The number of hydrogen-bond donors (Lipinski definition) is 2. The van der Waals surface area contributed by atoms with Gasteiger partial charge in [-0.15, -0.1) is 0 Å². The molecule has 16 heavy (non-hydrogen) atoms. The lowest BCUT2D eigenvalue weighted by molar-refractivity contribution is 0.408. The van der Waals surface area contributed by atoms with E-state index < -0.39 is 0 Å². The van der Waals surface area contributed by atoms with E-state index in [1.807, 2.05) is 6.92 Å².